The molecule has 0 aliphatic rings. The molecule has 0 spiro atoms. The maximum atomic E-state index is 12.5. The first-order valence-electron chi connectivity index (χ1n) is 9.95. The summed E-state index contributed by atoms with van der Waals surface area (Å²) in [7, 11) is -3.42. The molecule has 0 aliphatic carbocycles. The highest BCUT2D eigenvalue weighted by molar-refractivity contribution is 7.92. The number of carbonyl (C=O) groups is 1. The van der Waals surface area contributed by atoms with Gasteiger partial charge in [-0.15, -0.1) is 0 Å². The predicted molar refractivity (Wildman–Crippen MR) is 115 cm³/mol. The van der Waals surface area contributed by atoms with Gasteiger partial charge < -0.3 is 10.3 Å². The molecule has 1 atom stereocenters. The average molecular weight is 414 g/mol. The number of hydrogen-bond donors (Lipinski definition) is 2. The second-order valence-electron chi connectivity index (χ2n) is 7.25. The van der Waals surface area contributed by atoms with Crippen molar-refractivity contribution in [3.63, 3.8) is 0 Å². The third kappa shape index (κ3) is 6.15. The molecule has 1 amide bonds. The number of benzene rings is 2. The summed E-state index contributed by atoms with van der Waals surface area (Å²) in [6.07, 6.45) is 2.88. The minimum atomic E-state index is -3.42. The molecule has 0 bridgehead atoms. The van der Waals surface area contributed by atoms with Gasteiger partial charge in [-0.3, -0.25) is 4.79 Å². The summed E-state index contributed by atoms with van der Waals surface area (Å²) >= 11 is 0. The number of nitrogens with one attached hydrogen (secondary N) is 2. The van der Waals surface area contributed by atoms with E-state index in [4.69, 9.17) is 0 Å². The zero-order valence-electron chi connectivity index (χ0n) is 16.6. The minimum absolute atomic E-state index is 0.0439. The molecule has 1 heterocycles. The van der Waals surface area contributed by atoms with Crippen LogP contribution >= 0.6 is 0 Å². The monoisotopic (exact) mass is 413 g/mol. The number of unbranched alkanes of at least 4 members (excludes halogenated alkanes) is 2. The van der Waals surface area contributed by atoms with Crippen molar-refractivity contribution in [3.05, 3.63) is 66.0 Å². The molecular formula is C22H27N3O3S. The molecule has 29 heavy (non-hydrogen) atoms. The molecule has 0 fully saturated rings. The maximum absolute atomic E-state index is 12.5. The molecule has 3 rings (SSSR count). The highest BCUT2D eigenvalue weighted by Crippen LogP contribution is 2.20. The Bertz CT molecular complexity index is 1010. The van der Waals surface area contributed by atoms with Crippen LogP contribution in [0.15, 0.2) is 54.6 Å². The number of amides is 1. The molecule has 3 aromatic rings. The molecule has 7 heteroatoms. The third-order valence-electron chi connectivity index (χ3n) is 4.77. The van der Waals surface area contributed by atoms with Crippen LogP contribution in [0.25, 0.3) is 11.0 Å². The van der Waals surface area contributed by atoms with Crippen molar-refractivity contribution in [1.29, 1.82) is 0 Å². The first-order valence-corrected chi connectivity index (χ1v) is 11.8. The van der Waals surface area contributed by atoms with Crippen LogP contribution in [0.3, 0.4) is 0 Å². The number of carbonyl (C=O) groups excluding carboxylic acids is 1. The minimum Gasteiger partial charge on any atom is -0.345 e. The normalized spacial score (nSPS) is 12.7. The largest absolute Gasteiger partial charge is 0.345 e. The van der Waals surface area contributed by atoms with Gasteiger partial charge in [-0.05, 0) is 30.5 Å². The van der Waals surface area contributed by atoms with E-state index >= 15 is 0 Å². The fourth-order valence-electron chi connectivity index (χ4n) is 3.28. The van der Waals surface area contributed by atoms with E-state index in [1.165, 1.54) is 0 Å². The Balaban J connectivity index is 1.77. The van der Waals surface area contributed by atoms with Gasteiger partial charge in [0.05, 0.1) is 22.8 Å². The number of sulfone groups is 1. The van der Waals surface area contributed by atoms with E-state index in [1.807, 2.05) is 61.5 Å². The summed E-state index contributed by atoms with van der Waals surface area (Å²) in [5.74, 6) is -0.334. The van der Waals surface area contributed by atoms with E-state index in [1.54, 1.807) is 0 Å². The Morgan fingerprint density at radius 3 is 2.52 bits per heavy atom. The summed E-state index contributed by atoms with van der Waals surface area (Å²) < 4.78 is 24.5. The lowest BCUT2D eigenvalue weighted by atomic mass is 10.1. The third-order valence-corrected chi connectivity index (χ3v) is 6.38. The zero-order chi connectivity index (χ0) is 20.7. The smallest absolute Gasteiger partial charge is 0.235 e. The van der Waals surface area contributed by atoms with Gasteiger partial charge in [0.1, 0.15) is 11.6 Å². The molecule has 0 saturated heterocycles. The number of aromatic amines is 1. The van der Waals surface area contributed by atoms with Crippen LogP contribution in [0.1, 0.15) is 43.6 Å². The highest BCUT2D eigenvalue weighted by Gasteiger charge is 2.22. The van der Waals surface area contributed by atoms with Crippen molar-refractivity contribution in [2.45, 2.75) is 38.6 Å². The zero-order valence-corrected chi connectivity index (χ0v) is 17.4. The Hall–Kier alpha value is -2.67. The molecule has 0 saturated carbocycles. The van der Waals surface area contributed by atoms with Gasteiger partial charge in [-0.1, -0.05) is 62.2 Å². The maximum Gasteiger partial charge on any atom is 0.235 e. The molecule has 0 aliphatic heterocycles. The predicted octanol–water partition coefficient (Wildman–Crippen LogP) is 3.57. The summed E-state index contributed by atoms with van der Waals surface area (Å²) in [5.41, 5.74) is 2.72. The number of aromatic nitrogens is 2. The van der Waals surface area contributed by atoms with Crippen molar-refractivity contribution < 1.29 is 13.2 Å². The molecular weight excluding hydrogens is 386 g/mol. The SMILES string of the molecule is CCCCCS(=O)(=O)CC(=O)N[C@@H](Cc1ccccc1)c1nc2ccccc2[nH]1. The summed E-state index contributed by atoms with van der Waals surface area (Å²) in [6, 6.07) is 17.0. The topological polar surface area (TPSA) is 91.9 Å². The van der Waals surface area contributed by atoms with Crippen LogP contribution in [0.5, 0.6) is 0 Å². The van der Waals surface area contributed by atoms with Crippen molar-refractivity contribution >= 4 is 26.8 Å². The second-order valence-corrected chi connectivity index (χ2v) is 9.43. The van der Waals surface area contributed by atoms with E-state index in [0.717, 1.165) is 29.4 Å². The summed E-state index contributed by atoms with van der Waals surface area (Å²) in [5, 5.41) is 2.88. The number of fused-ring (bicyclic) bond motifs is 1. The number of imidazole rings is 1. The number of H-pyrrole nitrogens is 1. The van der Waals surface area contributed by atoms with E-state index in [0.29, 0.717) is 18.7 Å². The summed E-state index contributed by atoms with van der Waals surface area (Å²) in [6.45, 7) is 2.01. The first-order chi connectivity index (χ1) is 14.0. The summed E-state index contributed by atoms with van der Waals surface area (Å²) in [4.78, 5) is 20.4. The lowest BCUT2D eigenvalue weighted by Gasteiger charge is -2.17. The Kier molecular flexibility index (Phi) is 7.04. The van der Waals surface area contributed by atoms with Crippen molar-refractivity contribution in [1.82, 2.24) is 15.3 Å². The highest BCUT2D eigenvalue weighted by atomic mass is 32.2. The van der Waals surface area contributed by atoms with E-state index in [2.05, 4.69) is 15.3 Å². The van der Waals surface area contributed by atoms with Crippen LogP contribution in [0.2, 0.25) is 0 Å². The number of hydrogen-bond acceptors (Lipinski definition) is 4. The number of nitrogens with zero attached hydrogens (tertiary/aromatic N) is 1. The molecule has 2 N–H and O–H groups in total. The van der Waals surface area contributed by atoms with Crippen LogP contribution in [0.4, 0.5) is 0 Å². The second kappa shape index (κ2) is 9.69. The van der Waals surface area contributed by atoms with Gasteiger partial charge in [-0.25, -0.2) is 13.4 Å². The lowest BCUT2D eigenvalue weighted by Crippen LogP contribution is -2.35. The van der Waals surface area contributed by atoms with Crippen LogP contribution in [-0.4, -0.2) is 35.8 Å². The Morgan fingerprint density at radius 2 is 1.79 bits per heavy atom. The molecule has 6 nitrogen and oxygen atoms in total. The van der Waals surface area contributed by atoms with Crippen molar-refractivity contribution in [3.8, 4) is 0 Å². The molecule has 1 aromatic heterocycles. The molecule has 0 radical (unpaired) electrons. The van der Waals surface area contributed by atoms with E-state index in [-0.39, 0.29) is 5.75 Å². The molecule has 0 unspecified atom stereocenters. The first kappa shape index (κ1) is 21.0. The van der Waals surface area contributed by atoms with E-state index < -0.39 is 27.5 Å². The van der Waals surface area contributed by atoms with Crippen molar-refractivity contribution in [2.24, 2.45) is 0 Å². The van der Waals surface area contributed by atoms with Gasteiger partial charge in [-0.2, -0.15) is 0 Å². The van der Waals surface area contributed by atoms with Crippen molar-refractivity contribution in [2.75, 3.05) is 11.5 Å². The fraction of sp³-hybridized carbons (Fsp3) is 0.364. The molecule has 2 aromatic carbocycles. The Morgan fingerprint density at radius 1 is 1.07 bits per heavy atom. The average Bonchev–Trinajstić information content (AvgIpc) is 3.12. The van der Waals surface area contributed by atoms with Gasteiger partial charge >= 0.3 is 0 Å². The van der Waals surface area contributed by atoms with Gasteiger partial charge in [0.25, 0.3) is 0 Å². The number of para-hydroxylation sites is 2. The van der Waals surface area contributed by atoms with Gasteiger partial charge in [0.2, 0.25) is 5.91 Å². The number of rotatable bonds is 10. The standard InChI is InChI=1S/C22H27N3O3S/c1-2-3-9-14-29(27,28)16-21(26)23-20(15-17-10-5-4-6-11-17)22-24-18-12-7-8-13-19(18)25-22/h4-8,10-13,20H,2-3,9,14-16H2,1H3,(H,23,26)(H,24,25)/t20-/m0/s1. The molecule has 154 valence electrons. The van der Waals surface area contributed by atoms with Gasteiger partial charge in [0, 0.05) is 0 Å². The van der Waals surface area contributed by atoms with Gasteiger partial charge in [0.15, 0.2) is 9.84 Å². The van der Waals surface area contributed by atoms with E-state index in [9.17, 15) is 13.2 Å². The van der Waals surface area contributed by atoms with Crippen LogP contribution in [0, 0.1) is 0 Å². The fourth-order valence-corrected chi connectivity index (χ4v) is 4.55. The van der Waals surface area contributed by atoms with Crippen LogP contribution in [-0.2, 0) is 21.1 Å². The lowest BCUT2D eigenvalue weighted by molar-refractivity contribution is -0.119. The van der Waals surface area contributed by atoms with Crippen LogP contribution < -0.4 is 5.32 Å². The Labute approximate surface area is 171 Å². The quantitative estimate of drug-likeness (QED) is 0.497.